The van der Waals surface area contributed by atoms with Gasteiger partial charge in [0.25, 0.3) is 0 Å². The molecule has 132 valence electrons. The number of hydrogen-bond donors (Lipinski definition) is 0. The predicted octanol–water partition coefficient (Wildman–Crippen LogP) is 3.92. The summed E-state index contributed by atoms with van der Waals surface area (Å²) in [6, 6.07) is 13.9. The Labute approximate surface area is 149 Å². The smallest absolute Gasteiger partial charge is 0.243 e. The van der Waals surface area contributed by atoms with Crippen LogP contribution in [0.25, 0.3) is 6.08 Å². The zero-order valence-electron chi connectivity index (χ0n) is 14.8. The van der Waals surface area contributed by atoms with Crippen LogP contribution in [0.2, 0.25) is 0 Å². The van der Waals surface area contributed by atoms with Gasteiger partial charge in [-0.05, 0) is 42.8 Å². The van der Waals surface area contributed by atoms with E-state index in [0.717, 1.165) is 11.1 Å². The van der Waals surface area contributed by atoms with Crippen LogP contribution in [-0.4, -0.2) is 31.6 Å². The van der Waals surface area contributed by atoms with Crippen molar-refractivity contribution in [1.82, 2.24) is 4.31 Å². The molecule has 0 aliphatic rings. The zero-order chi connectivity index (χ0) is 18.4. The molecule has 2 aromatic rings. The van der Waals surface area contributed by atoms with Gasteiger partial charge in [0.05, 0.1) is 4.90 Å². The highest BCUT2D eigenvalue weighted by molar-refractivity contribution is 7.89. The highest BCUT2D eigenvalue weighted by Crippen LogP contribution is 2.17. The summed E-state index contributed by atoms with van der Waals surface area (Å²) in [5, 5.41) is 0. The molecule has 4 nitrogen and oxygen atoms in total. The van der Waals surface area contributed by atoms with Crippen LogP contribution in [0.4, 0.5) is 0 Å². The van der Waals surface area contributed by atoms with E-state index in [-0.39, 0.29) is 10.7 Å². The van der Waals surface area contributed by atoms with E-state index in [1.165, 1.54) is 22.5 Å². The van der Waals surface area contributed by atoms with Crippen molar-refractivity contribution in [2.75, 3.05) is 13.1 Å². The summed E-state index contributed by atoms with van der Waals surface area (Å²) in [6.07, 6.45) is 3.26. The minimum atomic E-state index is -3.50. The van der Waals surface area contributed by atoms with Gasteiger partial charge in [0, 0.05) is 18.7 Å². The molecule has 0 unspecified atom stereocenters. The third kappa shape index (κ3) is 4.65. The van der Waals surface area contributed by atoms with Gasteiger partial charge in [0.2, 0.25) is 10.0 Å². The molecule has 0 heterocycles. The molecule has 0 saturated carbocycles. The molecule has 0 saturated heterocycles. The van der Waals surface area contributed by atoms with Crippen molar-refractivity contribution < 1.29 is 13.2 Å². The van der Waals surface area contributed by atoms with Gasteiger partial charge in [-0.3, -0.25) is 4.79 Å². The summed E-state index contributed by atoms with van der Waals surface area (Å²) in [5.41, 5.74) is 2.54. The number of carbonyl (C=O) groups is 1. The molecule has 0 radical (unpaired) electrons. The van der Waals surface area contributed by atoms with E-state index in [0.29, 0.717) is 18.7 Å². The fourth-order valence-electron chi connectivity index (χ4n) is 2.55. The highest BCUT2D eigenvalue weighted by Gasteiger charge is 2.21. The second-order valence-corrected chi connectivity index (χ2v) is 7.66. The number of ketones is 1. The second-order valence-electron chi connectivity index (χ2n) is 5.73. The Kier molecular flexibility index (Phi) is 6.28. The van der Waals surface area contributed by atoms with E-state index >= 15 is 0 Å². The lowest BCUT2D eigenvalue weighted by molar-refractivity contribution is 0.104. The molecule has 0 atom stereocenters. The summed E-state index contributed by atoms with van der Waals surface area (Å²) >= 11 is 0. The van der Waals surface area contributed by atoms with Gasteiger partial charge >= 0.3 is 0 Å². The van der Waals surface area contributed by atoms with E-state index in [1.54, 1.807) is 32.1 Å². The van der Waals surface area contributed by atoms with Crippen molar-refractivity contribution in [2.24, 2.45) is 0 Å². The highest BCUT2D eigenvalue weighted by atomic mass is 32.2. The molecule has 0 N–H and O–H groups in total. The molecule has 0 aliphatic heterocycles. The third-order valence-corrected chi connectivity index (χ3v) is 6.02. The molecule has 0 bridgehead atoms. The average molecular weight is 357 g/mol. The van der Waals surface area contributed by atoms with Gasteiger partial charge < -0.3 is 0 Å². The number of nitrogens with zero attached hydrogens (tertiary/aromatic N) is 1. The quantitative estimate of drug-likeness (QED) is 0.557. The van der Waals surface area contributed by atoms with Crippen molar-refractivity contribution in [3.05, 3.63) is 71.3 Å². The third-order valence-electron chi connectivity index (χ3n) is 3.95. The second kappa shape index (κ2) is 8.23. The molecule has 2 rings (SSSR count). The minimum absolute atomic E-state index is 0.159. The van der Waals surface area contributed by atoms with Crippen LogP contribution < -0.4 is 0 Å². The zero-order valence-corrected chi connectivity index (χ0v) is 15.6. The number of benzene rings is 2. The lowest BCUT2D eigenvalue weighted by atomic mass is 10.1. The SMILES string of the molecule is CCN(CC)S(=O)(=O)c1ccc(C(=O)C=Cc2cccc(C)c2)cc1. The van der Waals surface area contributed by atoms with Gasteiger partial charge in [-0.2, -0.15) is 4.31 Å². The summed E-state index contributed by atoms with van der Waals surface area (Å²) in [6.45, 7) is 6.43. The van der Waals surface area contributed by atoms with E-state index in [4.69, 9.17) is 0 Å². The summed E-state index contributed by atoms with van der Waals surface area (Å²) < 4.78 is 26.3. The number of allylic oxidation sites excluding steroid dienone is 1. The van der Waals surface area contributed by atoms with Crippen LogP contribution in [0.15, 0.2) is 59.5 Å². The molecular formula is C20H23NO3S. The number of carbonyl (C=O) groups excluding carboxylic acids is 1. The Morgan fingerprint density at radius 1 is 1.04 bits per heavy atom. The molecule has 0 aromatic heterocycles. The van der Waals surface area contributed by atoms with Crippen molar-refractivity contribution in [3.8, 4) is 0 Å². The average Bonchev–Trinajstić information content (AvgIpc) is 2.60. The normalized spacial score (nSPS) is 12.0. The van der Waals surface area contributed by atoms with Crippen molar-refractivity contribution >= 4 is 21.9 Å². The number of aryl methyl sites for hydroxylation is 1. The first kappa shape index (κ1) is 19.1. The monoisotopic (exact) mass is 357 g/mol. The van der Waals surface area contributed by atoms with E-state index in [9.17, 15) is 13.2 Å². The maximum atomic E-state index is 12.4. The lowest BCUT2D eigenvalue weighted by Gasteiger charge is -2.18. The van der Waals surface area contributed by atoms with E-state index in [1.807, 2.05) is 31.2 Å². The number of hydrogen-bond acceptors (Lipinski definition) is 3. The van der Waals surface area contributed by atoms with Crippen molar-refractivity contribution in [3.63, 3.8) is 0 Å². The largest absolute Gasteiger partial charge is 0.289 e. The molecule has 0 amide bonds. The van der Waals surface area contributed by atoms with Crippen molar-refractivity contribution in [1.29, 1.82) is 0 Å². The van der Waals surface area contributed by atoms with Gasteiger partial charge in [-0.25, -0.2) is 8.42 Å². The van der Waals surface area contributed by atoms with Crippen LogP contribution in [-0.2, 0) is 10.0 Å². The van der Waals surface area contributed by atoms with Crippen LogP contribution in [0.5, 0.6) is 0 Å². The van der Waals surface area contributed by atoms with Gasteiger partial charge in [-0.1, -0.05) is 49.8 Å². The van der Waals surface area contributed by atoms with Crippen LogP contribution in [0.1, 0.15) is 35.3 Å². The topological polar surface area (TPSA) is 54.5 Å². The van der Waals surface area contributed by atoms with Crippen LogP contribution >= 0.6 is 0 Å². The lowest BCUT2D eigenvalue weighted by Crippen LogP contribution is -2.30. The van der Waals surface area contributed by atoms with Crippen LogP contribution in [0, 0.1) is 6.92 Å². The standard InChI is InChI=1S/C20H23NO3S/c1-4-21(5-2)25(23,24)19-12-10-18(11-13-19)20(22)14-9-17-8-6-7-16(3)15-17/h6-15H,4-5H2,1-3H3. The van der Waals surface area contributed by atoms with E-state index in [2.05, 4.69) is 0 Å². The molecule has 0 spiro atoms. The fraction of sp³-hybridized carbons (Fsp3) is 0.250. The molecule has 0 fully saturated rings. The molecule has 25 heavy (non-hydrogen) atoms. The Morgan fingerprint density at radius 2 is 1.68 bits per heavy atom. The van der Waals surface area contributed by atoms with Gasteiger partial charge in [-0.15, -0.1) is 0 Å². The maximum Gasteiger partial charge on any atom is 0.243 e. The summed E-state index contributed by atoms with van der Waals surface area (Å²) in [5.74, 6) is -0.159. The Balaban J connectivity index is 2.18. The van der Waals surface area contributed by atoms with E-state index < -0.39 is 10.0 Å². The Hall–Kier alpha value is -2.24. The maximum absolute atomic E-state index is 12.4. The first-order chi connectivity index (χ1) is 11.9. The summed E-state index contributed by atoms with van der Waals surface area (Å²) in [4.78, 5) is 12.5. The van der Waals surface area contributed by atoms with Gasteiger partial charge in [0.1, 0.15) is 0 Å². The number of sulfonamides is 1. The minimum Gasteiger partial charge on any atom is -0.289 e. The molecule has 0 aliphatic carbocycles. The molecule has 2 aromatic carbocycles. The summed E-state index contributed by atoms with van der Waals surface area (Å²) in [7, 11) is -3.50. The predicted molar refractivity (Wildman–Crippen MR) is 101 cm³/mol. The van der Waals surface area contributed by atoms with Crippen LogP contribution in [0.3, 0.4) is 0 Å². The number of rotatable bonds is 7. The first-order valence-corrected chi connectivity index (χ1v) is 9.71. The molecule has 5 heteroatoms. The first-order valence-electron chi connectivity index (χ1n) is 8.27. The fourth-order valence-corrected chi connectivity index (χ4v) is 4.00. The Bertz CT molecular complexity index is 864. The van der Waals surface area contributed by atoms with Crippen molar-refractivity contribution in [2.45, 2.75) is 25.7 Å². The van der Waals surface area contributed by atoms with Gasteiger partial charge in [0.15, 0.2) is 5.78 Å². The Morgan fingerprint density at radius 3 is 2.24 bits per heavy atom. The molecular weight excluding hydrogens is 334 g/mol.